The summed E-state index contributed by atoms with van der Waals surface area (Å²) in [6.45, 7) is 0. The average molecular weight is 343 g/mol. The first-order chi connectivity index (χ1) is 12.0. The number of amides is 1. The highest BCUT2D eigenvalue weighted by atomic mass is 16.5. The summed E-state index contributed by atoms with van der Waals surface area (Å²) in [5.74, 6) is 0.0278. The molecule has 2 rings (SSSR count). The van der Waals surface area contributed by atoms with Gasteiger partial charge in [0.2, 0.25) is 5.91 Å². The molecule has 0 radical (unpaired) electrons. The monoisotopic (exact) mass is 343 g/mol. The van der Waals surface area contributed by atoms with Crippen LogP contribution in [0.1, 0.15) is 23.6 Å². The molecule has 0 saturated heterocycles. The molecule has 0 spiro atoms. The summed E-state index contributed by atoms with van der Waals surface area (Å²) in [6, 6.07) is 13.6. The molecule has 6 nitrogen and oxygen atoms in total. The van der Waals surface area contributed by atoms with Crippen LogP contribution in [0.15, 0.2) is 48.5 Å². The minimum atomic E-state index is -0.988. The van der Waals surface area contributed by atoms with E-state index in [2.05, 4.69) is 5.32 Å². The second-order valence-electron chi connectivity index (χ2n) is 5.48. The summed E-state index contributed by atoms with van der Waals surface area (Å²) in [4.78, 5) is 23.5. The first-order valence-electron chi connectivity index (χ1n) is 7.80. The number of hydrogen-bond acceptors (Lipinski definition) is 4. The summed E-state index contributed by atoms with van der Waals surface area (Å²) in [5.41, 5.74) is 1.45. The molecule has 132 valence electrons. The maximum Gasteiger partial charge on any atom is 0.305 e. The Hall–Kier alpha value is -3.02. The maximum absolute atomic E-state index is 12.4. The van der Waals surface area contributed by atoms with Crippen LogP contribution in [0.4, 0.5) is 0 Å². The number of aliphatic carboxylic acids is 1. The average Bonchev–Trinajstić information content (AvgIpc) is 2.61. The van der Waals surface area contributed by atoms with Gasteiger partial charge < -0.3 is 19.9 Å². The van der Waals surface area contributed by atoms with Gasteiger partial charge in [0, 0.05) is 5.56 Å². The number of rotatable bonds is 8. The van der Waals surface area contributed by atoms with E-state index in [9.17, 15) is 9.59 Å². The van der Waals surface area contributed by atoms with E-state index >= 15 is 0 Å². The topological polar surface area (TPSA) is 84.9 Å². The Morgan fingerprint density at radius 2 is 1.72 bits per heavy atom. The summed E-state index contributed by atoms with van der Waals surface area (Å²) < 4.78 is 10.3. The molecule has 1 amide bonds. The van der Waals surface area contributed by atoms with E-state index in [1.807, 2.05) is 12.1 Å². The fourth-order valence-corrected chi connectivity index (χ4v) is 2.53. The number of carboxylic acids is 1. The van der Waals surface area contributed by atoms with Crippen LogP contribution >= 0.6 is 0 Å². The molecule has 6 heteroatoms. The Bertz CT molecular complexity index is 727. The van der Waals surface area contributed by atoms with Crippen molar-refractivity contribution in [2.45, 2.75) is 18.9 Å². The Balaban J connectivity index is 2.12. The molecule has 0 fully saturated rings. The molecule has 0 unspecified atom stereocenters. The second kappa shape index (κ2) is 8.73. The lowest BCUT2D eigenvalue weighted by Crippen LogP contribution is -2.31. The van der Waals surface area contributed by atoms with Crippen molar-refractivity contribution in [3.63, 3.8) is 0 Å². The zero-order valence-electron chi connectivity index (χ0n) is 14.2. The SMILES string of the molecule is COc1ccc([C@H](CC(=O)O)NC(=O)Cc2ccccc2OC)cc1. The highest BCUT2D eigenvalue weighted by molar-refractivity contribution is 5.80. The molecule has 0 saturated carbocycles. The molecular formula is C19H21NO5. The third-order valence-electron chi connectivity index (χ3n) is 3.78. The Labute approximate surface area is 146 Å². The number of ether oxygens (including phenoxy) is 2. The van der Waals surface area contributed by atoms with Crippen molar-refractivity contribution in [2.24, 2.45) is 0 Å². The predicted octanol–water partition coefficient (Wildman–Crippen LogP) is 2.58. The molecular weight excluding hydrogens is 322 g/mol. The van der Waals surface area contributed by atoms with E-state index in [-0.39, 0.29) is 18.7 Å². The standard InChI is InChI=1S/C19H21NO5/c1-24-15-9-7-13(8-10-15)16(12-19(22)23)20-18(21)11-14-5-3-4-6-17(14)25-2/h3-10,16H,11-12H2,1-2H3,(H,20,21)(H,22,23)/t16-/m0/s1. The lowest BCUT2D eigenvalue weighted by atomic mass is 10.0. The molecule has 25 heavy (non-hydrogen) atoms. The molecule has 0 aromatic heterocycles. The third-order valence-corrected chi connectivity index (χ3v) is 3.78. The van der Waals surface area contributed by atoms with Crippen molar-refractivity contribution >= 4 is 11.9 Å². The van der Waals surface area contributed by atoms with E-state index in [0.29, 0.717) is 17.1 Å². The third kappa shape index (κ3) is 5.24. The van der Waals surface area contributed by atoms with Gasteiger partial charge in [-0.25, -0.2) is 0 Å². The van der Waals surface area contributed by atoms with Crippen LogP contribution in [0.2, 0.25) is 0 Å². The van der Waals surface area contributed by atoms with Crippen LogP contribution in [0.3, 0.4) is 0 Å². The van der Waals surface area contributed by atoms with Crippen LogP contribution in [-0.4, -0.2) is 31.2 Å². The lowest BCUT2D eigenvalue weighted by molar-refractivity contribution is -0.137. The van der Waals surface area contributed by atoms with Gasteiger partial charge in [0.25, 0.3) is 0 Å². The molecule has 0 aliphatic heterocycles. The first kappa shape index (κ1) is 18.3. The normalized spacial score (nSPS) is 11.4. The summed E-state index contributed by atoms with van der Waals surface area (Å²) in [7, 11) is 3.10. The predicted molar refractivity (Wildman–Crippen MR) is 92.8 cm³/mol. The van der Waals surface area contributed by atoms with E-state index < -0.39 is 12.0 Å². The molecule has 2 N–H and O–H groups in total. The fraction of sp³-hybridized carbons (Fsp3) is 0.263. The maximum atomic E-state index is 12.4. The first-order valence-corrected chi connectivity index (χ1v) is 7.80. The Morgan fingerprint density at radius 3 is 2.32 bits per heavy atom. The number of carbonyl (C=O) groups is 2. The van der Waals surface area contributed by atoms with Crippen LogP contribution in [0.5, 0.6) is 11.5 Å². The molecule has 2 aromatic rings. The van der Waals surface area contributed by atoms with E-state index in [1.165, 1.54) is 0 Å². The van der Waals surface area contributed by atoms with Crippen molar-refractivity contribution in [1.82, 2.24) is 5.32 Å². The number of hydrogen-bond donors (Lipinski definition) is 2. The molecule has 0 aliphatic rings. The minimum Gasteiger partial charge on any atom is -0.497 e. The number of carboxylic acid groups (broad SMARTS) is 1. The fourth-order valence-electron chi connectivity index (χ4n) is 2.53. The van der Waals surface area contributed by atoms with Crippen LogP contribution in [0.25, 0.3) is 0 Å². The minimum absolute atomic E-state index is 0.107. The van der Waals surface area contributed by atoms with Crippen LogP contribution in [0, 0.1) is 0 Å². The lowest BCUT2D eigenvalue weighted by Gasteiger charge is -2.18. The van der Waals surface area contributed by atoms with Gasteiger partial charge in [0.1, 0.15) is 11.5 Å². The molecule has 0 bridgehead atoms. The van der Waals surface area contributed by atoms with Crippen LogP contribution in [-0.2, 0) is 16.0 Å². The zero-order chi connectivity index (χ0) is 18.2. The van der Waals surface area contributed by atoms with Crippen molar-refractivity contribution in [1.29, 1.82) is 0 Å². The van der Waals surface area contributed by atoms with Gasteiger partial charge in [-0.3, -0.25) is 9.59 Å². The van der Waals surface area contributed by atoms with Crippen molar-refractivity contribution in [2.75, 3.05) is 14.2 Å². The highest BCUT2D eigenvalue weighted by Gasteiger charge is 2.19. The number of nitrogens with one attached hydrogen (secondary N) is 1. The van der Waals surface area contributed by atoms with Gasteiger partial charge in [0.05, 0.1) is 33.1 Å². The highest BCUT2D eigenvalue weighted by Crippen LogP contribution is 2.22. The number of methoxy groups -OCH3 is 2. The number of benzene rings is 2. The zero-order valence-corrected chi connectivity index (χ0v) is 14.2. The number of carbonyl (C=O) groups excluding carboxylic acids is 1. The van der Waals surface area contributed by atoms with Gasteiger partial charge >= 0.3 is 5.97 Å². The quantitative estimate of drug-likeness (QED) is 0.769. The van der Waals surface area contributed by atoms with Crippen molar-refractivity contribution in [3.05, 3.63) is 59.7 Å². The molecule has 2 aromatic carbocycles. The van der Waals surface area contributed by atoms with E-state index in [0.717, 1.165) is 5.56 Å². The Kier molecular flexibility index (Phi) is 6.39. The van der Waals surface area contributed by atoms with Gasteiger partial charge in [-0.2, -0.15) is 0 Å². The van der Waals surface area contributed by atoms with E-state index in [1.54, 1.807) is 50.6 Å². The van der Waals surface area contributed by atoms with E-state index in [4.69, 9.17) is 14.6 Å². The molecule has 1 atom stereocenters. The van der Waals surface area contributed by atoms with Crippen molar-refractivity contribution in [3.8, 4) is 11.5 Å². The van der Waals surface area contributed by atoms with Gasteiger partial charge in [-0.05, 0) is 23.8 Å². The van der Waals surface area contributed by atoms with Gasteiger partial charge in [0.15, 0.2) is 0 Å². The Morgan fingerprint density at radius 1 is 1.04 bits per heavy atom. The van der Waals surface area contributed by atoms with Gasteiger partial charge in [-0.15, -0.1) is 0 Å². The van der Waals surface area contributed by atoms with Gasteiger partial charge in [-0.1, -0.05) is 30.3 Å². The molecule has 0 heterocycles. The summed E-state index contributed by atoms with van der Waals surface area (Å²) in [6.07, 6.45) is -0.0969. The number of para-hydroxylation sites is 1. The van der Waals surface area contributed by atoms with Crippen molar-refractivity contribution < 1.29 is 24.2 Å². The summed E-state index contributed by atoms with van der Waals surface area (Å²) >= 11 is 0. The summed E-state index contributed by atoms with van der Waals surface area (Å²) in [5, 5.41) is 11.9. The molecule has 0 aliphatic carbocycles. The van der Waals surface area contributed by atoms with Crippen LogP contribution < -0.4 is 14.8 Å². The largest absolute Gasteiger partial charge is 0.497 e. The smallest absolute Gasteiger partial charge is 0.305 e. The second-order valence-corrected chi connectivity index (χ2v) is 5.48.